The highest BCUT2D eigenvalue weighted by Gasteiger charge is 1.99. The summed E-state index contributed by atoms with van der Waals surface area (Å²) in [5, 5.41) is 7.80. The Morgan fingerprint density at radius 1 is 1.27 bits per heavy atom. The lowest BCUT2D eigenvalue weighted by Gasteiger charge is -1.94. The number of aryl methyl sites for hydroxylation is 2. The van der Waals surface area contributed by atoms with Crippen LogP contribution in [0.2, 0.25) is 0 Å². The summed E-state index contributed by atoms with van der Waals surface area (Å²) in [7, 11) is 0. The van der Waals surface area contributed by atoms with Gasteiger partial charge in [0.15, 0.2) is 0 Å². The summed E-state index contributed by atoms with van der Waals surface area (Å²) in [4.78, 5) is 0. The average molecular weight is 155 g/mol. The fourth-order valence-electron chi connectivity index (χ4n) is 0.748. The molecule has 0 aromatic carbocycles. The molecule has 0 bridgehead atoms. The lowest BCUT2D eigenvalue weighted by molar-refractivity contribution is 0.611. The standard InChI is InChI=1S/C6H11N3.C2H6/c1-4-9-6(3)5(2)7-8-9;1-2/h4H2,1-3H3;1-2H3. The molecule has 0 saturated carbocycles. The van der Waals surface area contributed by atoms with E-state index < -0.39 is 0 Å². The van der Waals surface area contributed by atoms with Gasteiger partial charge in [-0.25, -0.2) is 4.68 Å². The maximum atomic E-state index is 3.90. The molecule has 0 N–H and O–H groups in total. The Bertz CT molecular complexity index is 203. The van der Waals surface area contributed by atoms with Crippen LogP contribution < -0.4 is 0 Å². The molecule has 0 spiro atoms. The smallest absolute Gasteiger partial charge is 0.0825 e. The highest BCUT2D eigenvalue weighted by atomic mass is 15.4. The third kappa shape index (κ3) is 2.33. The Morgan fingerprint density at radius 2 is 1.82 bits per heavy atom. The molecule has 0 aliphatic rings. The van der Waals surface area contributed by atoms with Gasteiger partial charge in [0.1, 0.15) is 0 Å². The van der Waals surface area contributed by atoms with E-state index in [0.29, 0.717) is 0 Å². The van der Waals surface area contributed by atoms with Crippen LogP contribution in [0.15, 0.2) is 0 Å². The molecule has 0 aliphatic carbocycles. The highest BCUT2D eigenvalue weighted by molar-refractivity contribution is 5.04. The second kappa shape index (κ2) is 4.88. The van der Waals surface area contributed by atoms with E-state index in [0.717, 1.165) is 17.9 Å². The van der Waals surface area contributed by atoms with Crippen molar-refractivity contribution in [2.24, 2.45) is 0 Å². The van der Waals surface area contributed by atoms with Crippen LogP contribution in [0, 0.1) is 13.8 Å². The molecule has 3 heteroatoms. The third-order valence-corrected chi connectivity index (χ3v) is 1.51. The third-order valence-electron chi connectivity index (χ3n) is 1.51. The molecule has 0 radical (unpaired) electrons. The maximum absolute atomic E-state index is 3.90. The first-order chi connectivity index (χ1) is 5.25. The zero-order valence-corrected chi connectivity index (χ0v) is 8.05. The molecule has 0 atom stereocenters. The summed E-state index contributed by atoms with van der Waals surface area (Å²) in [6, 6.07) is 0. The van der Waals surface area contributed by atoms with Gasteiger partial charge in [-0.2, -0.15) is 0 Å². The first-order valence-electron chi connectivity index (χ1n) is 4.12. The van der Waals surface area contributed by atoms with Gasteiger partial charge < -0.3 is 0 Å². The molecule has 0 unspecified atom stereocenters. The zero-order chi connectivity index (χ0) is 8.85. The minimum Gasteiger partial charge on any atom is -0.250 e. The van der Waals surface area contributed by atoms with E-state index >= 15 is 0 Å². The van der Waals surface area contributed by atoms with Crippen molar-refractivity contribution in [3.8, 4) is 0 Å². The Kier molecular flexibility index (Phi) is 4.50. The number of hydrogen-bond acceptors (Lipinski definition) is 2. The van der Waals surface area contributed by atoms with Gasteiger partial charge in [-0.3, -0.25) is 0 Å². The van der Waals surface area contributed by atoms with Crippen LogP contribution in [0.3, 0.4) is 0 Å². The number of nitrogens with zero attached hydrogens (tertiary/aromatic N) is 3. The molecule has 1 aromatic rings. The summed E-state index contributed by atoms with van der Waals surface area (Å²) < 4.78 is 1.88. The van der Waals surface area contributed by atoms with Crippen molar-refractivity contribution in [2.75, 3.05) is 0 Å². The summed E-state index contributed by atoms with van der Waals surface area (Å²) >= 11 is 0. The Labute approximate surface area is 68.4 Å². The van der Waals surface area contributed by atoms with Crippen LogP contribution >= 0.6 is 0 Å². The fraction of sp³-hybridized carbons (Fsp3) is 0.750. The van der Waals surface area contributed by atoms with E-state index in [1.165, 1.54) is 0 Å². The zero-order valence-electron chi connectivity index (χ0n) is 8.05. The van der Waals surface area contributed by atoms with Gasteiger partial charge in [-0.1, -0.05) is 19.1 Å². The number of rotatable bonds is 1. The van der Waals surface area contributed by atoms with E-state index in [-0.39, 0.29) is 0 Å². The quantitative estimate of drug-likeness (QED) is 0.620. The minimum atomic E-state index is 0.909. The predicted molar refractivity (Wildman–Crippen MR) is 46.5 cm³/mol. The lowest BCUT2D eigenvalue weighted by Crippen LogP contribution is -1.98. The van der Waals surface area contributed by atoms with Crippen molar-refractivity contribution < 1.29 is 0 Å². The Balaban J connectivity index is 0.000000461. The monoisotopic (exact) mass is 155 g/mol. The number of aromatic nitrogens is 3. The van der Waals surface area contributed by atoms with Crippen molar-refractivity contribution in [2.45, 2.75) is 41.2 Å². The highest BCUT2D eigenvalue weighted by Crippen LogP contribution is 1.99. The van der Waals surface area contributed by atoms with Gasteiger partial charge in [0, 0.05) is 6.54 Å². The van der Waals surface area contributed by atoms with E-state index in [1.54, 1.807) is 0 Å². The fourth-order valence-corrected chi connectivity index (χ4v) is 0.748. The van der Waals surface area contributed by atoms with Gasteiger partial charge in [0.2, 0.25) is 0 Å². The Hall–Kier alpha value is -0.860. The minimum absolute atomic E-state index is 0.909. The summed E-state index contributed by atoms with van der Waals surface area (Å²) in [5.74, 6) is 0. The van der Waals surface area contributed by atoms with E-state index in [1.807, 2.05) is 32.4 Å². The predicted octanol–water partition coefficient (Wildman–Crippen LogP) is 1.94. The van der Waals surface area contributed by atoms with Crippen LogP contribution in [0.5, 0.6) is 0 Å². The van der Waals surface area contributed by atoms with Crippen molar-refractivity contribution in [3.05, 3.63) is 11.4 Å². The van der Waals surface area contributed by atoms with Crippen molar-refractivity contribution >= 4 is 0 Å². The SMILES string of the molecule is CC.CCn1nnc(C)c1C. The van der Waals surface area contributed by atoms with Gasteiger partial charge in [-0.05, 0) is 20.8 Å². The molecule has 0 fully saturated rings. The van der Waals surface area contributed by atoms with Crippen LogP contribution in [-0.4, -0.2) is 15.0 Å². The maximum Gasteiger partial charge on any atom is 0.0825 e. The molecule has 1 rings (SSSR count). The molecular weight excluding hydrogens is 138 g/mol. The van der Waals surface area contributed by atoms with Gasteiger partial charge in [0.25, 0.3) is 0 Å². The summed E-state index contributed by atoms with van der Waals surface area (Å²) in [5.41, 5.74) is 2.19. The van der Waals surface area contributed by atoms with Crippen LogP contribution in [0.4, 0.5) is 0 Å². The van der Waals surface area contributed by atoms with Gasteiger partial charge in [-0.15, -0.1) is 5.10 Å². The van der Waals surface area contributed by atoms with E-state index in [9.17, 15) is 0 Å². The molecule has 0 aliphatic heterocycles. The molecule has 1 aromatic heterocycles. The average Bonchev–Trinajstić information content (AvgIpc) is 2.37. The van der Waals surface area contributed by atoms with Crippen molar-refractivity contribution in [3.63, 3.8) is 0 Å². The van der Waals surface area contributed by atoms with Crippen molar-refractivity contribution in [1.82, 2.24) is 15.0 Å². The topological polar surface area (TPSA) is 30.7 Å². The molecule has 0 saturated heterocycles. The molecule has 0 amide bonds. The molecular formula is C8H17N3. The van der Waals surface area contributed by atoms with Crippen molar-refractivity contribution in [1.29, 1.82) is 0 Å². The van der Waals surface area contributed by atoms with Crippen LogP contribution in [0.1, 0.15) is 32.2 Å². The summed E-state index contributed by atoms with van der Waals surface area (Å²) in [6.45, 7) is 11.0. The Morgan fingerprint density at radius 3 is 2.00 bits per heavy atom. The van der Waals surface area contributed by atoms with Crippen LogP contribution in [0.25, 0.3) is 0 Å². The van der Waals surface area contributed by atoms with E-state index in [2.05, 4.69) is 17.2 Å². The molecule has 64 valence electrons. The molecule has 1 heterocycles. The lowest BCUT2D eigenvalue weighted by atomic mass is 10.4. The van der Waals surface area contributed by atoms with Crippen LogP contribution in [-0.2, 0) is 6.54 Å². The molecule has 11 heavy (non-hydrogen) atoms. The first-order valence-corrected chi connectivity index (χ1v) is 4.12. The van der Waals surface area contributed by atoms with E-state index in [4.69, 9.17) is 0 Å². The second-order valence-electron chi connectivity index (χ2n) is 2.08. The first kappa shape index (κ1) is 10.1. The summed E-state index contributed by atoms with van der Waals surface area (Å²) in [6.07, 6.45) is 0. The van der Waals surface area contributed by atoms with Gasteiger partial charge >= 0.3 is 0 Å². The number of hydrogen-bond donors (Lipinski definition) is 0. The second-order valence-corrected chi connectivity index (χ2v) is 2.08. The molecule has 3 nitrogen and oxygen atoms in total. The largest absolute Gasteiger partial charge is 0.250 e. The van der Waals surface area contributed by atoms with Gasteiger partial charge in [0.05, 0.1) is 11.4 Å². The normalized spacial score (nSPS) is 8.82.